The van der Waals surface area contributed by atoms with Gasteiger partial charge in [0.15, 0.2) is 0 Å². The molecule has 0 saturated carbocycles. The van der Waals surface area contributed by atoms with Crippen molar-refractivity contribution in [2.75, 3.05) is 13.6 Å². The van der Waals surface area contributed by atoms with Crippen molar-refractivity contribution in [3.63, 3.8) is 0 Å². The summed E-state index contributed by atoms with van der Waals surface area (Å²) >= 11 is 0. The van der Waals surface area contributed by atoms with E-state index in [1.165, 1.54) is 0 Å². The smallest absolute Gasteiger partial charge is 0.335 e. The van der Waals surface area contributed by atoms with Gasteiger partial charge in [0.25, 0.3) is 0 Å². The minimum Gasteiger partial charge on any atom is -0.478 e. The van der Waals surface area contributed by atoms with E-state index in [1.807, 2.05) is 26.8 Å². The molecule has 1 N–H and O–H groups in total. The molecule has 0 fully saturated rings. The maximum atomic E-state index is 12.0. The van der Waals surface area contributed by atoms with Gasteiger partial charge < -0.3 is 10.0 Å². The number of benzene rings is 1. The second kappa shape index (κ2) is 5.87. The molecule has 1 aromatic rings. The van der Waals surface area contributed by atoms with Crippen molar-refractivity contribution in [2.45, 2.75) is 27.2 Å². The van der Waals surface area contributed by atoms with Crippen molar-refractivity contribution in [3.8, 4) is 0 Å². The first-order chi connectivity index (χ1) is 8.73. The fraction of sp³-hybridized carbons (Fsp3) is 0.467. The van der Waals surface area contributed by atoms with Crippen LogP contribution in [0.25, 0.3) is 0 Å². The number of carbonyl (C=O) groups excluding carboxylic acids is 1. The van der Waals surface area contributed by atoms with Crippen LogP contribution in [-0.4, -0.2) is 35.5 Å². The van der Waals surface area contributed by atoms with Crippen LogP contribution in [0.15, 0.2) is 24.3 Å². The van der Waals surface area contributed by atoms with E-state index in [0.717, 1.165) is 5.56 Å². The third kappa shape index (κ3) is 4.09. The van der Waals surface area contributed by atoms with Gasteiger partial charge in [-0.15, -0.1) is 0 Å². The lowest BCUT2D eigenvalue weighted by Gasteiger charge is -2.26. The van der Waals surface area contributed by atoms with E-state index in [1.54, 1.807) is 30.1 Å². The average Bonchev–Trinajstić information content (AvgIpc) is 2.34. The summed E-state index contributed by atoms with van der Waals surface area (Å²) in [5.41, 5.74) is 0.642. The first kappa shape index (κ1) is 15.2. The highest BCUT2D eigenvalue weighted by molar-refractivity contribution is 5.89. The first-order valence-corrected chi connectivity index (χ1v) is 6.30. The van der Waals surface area contributed by atoms with Crippen LogP contribution in [-0.2, 0) is 11.2 Å². The molecule has 0 spiro atoms. The molecule has 0 aliphatic heterocycles. The molecule has 0 unspecified atom stereocenters. The number of carboxylic acids is 1. The molecular weight excluding hydrogens is 242 g/mol. The highest BCUT2D eigenvalue weighted by Gasteiger charge is 2.24. The van der Waals surface area contributed by atoms with E-state index in [-0.39, 0.29) is 5.91 Å². The van der Waals surface area contributed by atoms with Crippen LogP contribution >= 0.6 is 0 Å². The Kier molecular flexibility index (Phi) is 4.70. The molecule has 1 rings (SSSR count). The number of likely N-dealkylation sites (N-methyl/N-ethyl adjacent to an activating group) is 1. The third-order valence-corrected chi connectivity index (χ3v) is 2.95. The third-order valence-electron chi connectivity index (χ3n) is 2.95. The van der Waals surface area contributed by atoms with E-state index in [9.17, 15) is 9.59 Å². The number of amides is 1. The molecule has 4 heteroatoms. The summed E-state index contributed by atoms with van der Waals surface area (Å²) in [5.74, 6) is -0.874. The molecule has 0 heterocycles. The van der Waals surface area contributed by atoms with Gasteiger partial charge >= 0.3 is 5.97 Å². The minimum absolute atomic E-state index is 0.0558. The topological polar surface area (TPSA) is 57.6 Å². The number of nitrogens with zero attached hydrogens (tertiary/aromatic N) is 1. The van der Waals surface area contributed by atoms with E-state index < -0.39 is 11.4 Å². The van der Waals surface area contributed by atoms with E-state index in [0.29, 0.717) is 18.5 Å². The van der Waals surface area contributed by atoms with Crippen LogP contribution in [0.1, 0.15) is 36.7 Å². The van der Waals surface area contributed by atoms with Gasteiger partial charge in [-0.25, -0.2) is 4.79 Å². The highest BCUT2D eigenvalue weighted by Crippen LogP contribution is 2.17. The number of hydrogen-bond donors (Lipinski definition) is 1. The van der Waals surface area contributed by atoms with Gasteiger partial charge in [0.05, 0.1) is 5.56 Å². The summed E-state index contributed by atoms with van der Waals surface area (Å²) in [7, 11) is 1.75. The van der Waals surface area contributed by atoms with Crippen molar-refractivity contribution in [1.82, 2.24) is 4.90 Å². The van der Waals surface area contributed by atoms with Crippen molar-refractivity contribution in [2.24, 2.45) is 5.41 Å². The Hall–Kier alpha value is -1.84. The lowest BCUT2D eigenvalue weighted by Crippen LogP contribution is -2.37. The van der Waals surface area contributed by atoms with Crippen LogP contribution in [0.4, 0.5) is 0 Å². The van der Waals surface area contributed by atoms with E-state index in [2.05, 4.69) is 0 Å². The molecule has 0 aliphatic carbocycles. The van der Waals surface area contributed by atoms with Gasteiger partial charge in [-0.1, -0.05) is 39.0 Å². The molecule has 0 atom stereocenters. The Bertz CT molecular complexity index is 475. The maximum Gasteiger partial charge on any atom is 0.335 e. The monoisotopic (exact) mass is 263 g/mol. The Morgan fingerprint density at radius 3 is 2.32 bits per heavy atom. The molecule has 19 heavy (non-hydrogen) atoms. The second-order valence-corrected chi connectivity index (χ2v) is 5.69. The Morgan fingerprint density at radius 2 is 1.79 bits per heavy atom. The fourth-order valence-corrected chi connectivity index (χ4v) is 1.91. The molecule has 1 aromatic carbocycles. The number of hydrogen-bond acceptors (Lipinski definition) is 2. The van der Waals surface area contributed by atoms with Crippen LogP contribution in [0.2, 0.25) is 0 Å². The normalized spacial score (nSPS) is 11.2. The zero-order chi connectivity index (χ0) is 14.6. The van der Waals surface area contributed by atoms with Gasteiger partial charge in [0.1, 0.15) is 0 Å². The van der Waals surface area contributed by atoms with Crippen molar-refractivity contribution >= 4 is 11.9 Å². The van der Waals surface area contributed by atoms with Gasteiger partial charge in [-0.3, -0.25) is 4.79 Å². The molecule has 4 nitrogen and oxygen atoms in total. The molecule has 0 radical (unpaired) electrons. The maximum absolute atomic E-state index is 12.0. The largest absolute Gasteiger partial charge is 0.478 e. The molecule has 0 aliphatic rings. The fourth-order valence-electron chi connectivity index (χ4n) is 1.91. The zero-order valence-electron chi connectivity index (χ0n) is 11.9. The molecule has 0 saturated heterocycles. The van der Waals surface area contributed by atoms with E-state index in [4.69, 9.17) is 5.11 Å². The summed E-state index contributed by atoms with van der Waals surface area (Å²) in [4.78, 5) is 24.7. The number of aromatic carboxylic acids is 1. The quantitative estimate of drug-likeness (QED) is 0.907. The van der Waals surface area contributed by atoms with Crippen molar-refractivity contribution in [3.05, 3.63) is 35.4 Å². The molecule has 0 aromatic heterocycles. The van der Waals surface area contributed by atoms with Crippen LogP contribution in [0.3, 0.4) is 0 Å². The van der Waals surface area contributed by atoms with E-state index >= 15 is 0 Å². The summed E-state index contributed by atoms with van der Waals surface area (Å²) in [6, 6.07) is 6.90. The van der Waals surface area contributed by atoms with Gasteiger partial charge in [0.2, 0.25) is 5.91 Å². The zero-order valence-corrected chi connectivity index (χ0v) is 11.9. The summed E-state index contributed by atoms with van der Waals surface area (Å²) in [6.45, 7) is 6.13. The highest BCUT2D eigenvalue weighted by atomic mass is 16.4. The summed E-state index contributed by atoms with van der Waals surface area (Å²) in [6.07, 6.45) is 0.542. The minimum atomic E-state index is -0.930. The lowest BCUT2D eigenvalue weighted by molar-refractivity contribution is -0.138. The molecule has 1 amide bonds. The van der Waals surface area contributed by atoms with Gasteiger partial charge in [-0.05, 0) is 18.1 Å². The molecule has 0 bridgehead atoms. The van der Waals surface area contributed by atoms with Crippen molar-refractivity contribution < 1.29 is 14.7 Å². The predicted molar refractivity (Wildman–Crippen MR) is 74.2 cm³/mol. The van der Waals surface area contributed by atoms with Crippen molar-refractivity contribution in [1.29, 1.82) is 0 Å². The van der Waals surface area contributed by atoms with Gasteiger partial charge in [0, 0.05) is 19.0 Å². The standard InChI is InChI=1S/C15H21NO3/c1-15(2,3)14(19)16(4)10-9-11-7-5-6-8-12(11)13(17)18/h5-8H,9-10H2,1-4H3,(H,17,18). The molecule has 104 valence electrons. The summed E-state index contributed by atoms with van der Waals surface area (Å²) < 4.78 is 0. The van der Waals surface area contributed by atoms with Crippen LogP contribution < -0.4 is 0 Å². The molecular formula is C15H21NO3. The first-order valence-electron chi connectivity index (χ1n) is 6.30. The number of carboxylic acid groups (broad SMARTS) is 1. The second-order valence-electron chi connectivity index (χ2n) is 5.69. The Morgan fingerprint density at radius 1 is 1.21 bits per heavy atom. The SMILES string of the molecule is CN(CCc1ccccc1C(=O)O)C(=O)C(C)(C)C. The average molecular weight is 263 g/mol. The predicted octanol–water partition coefficient (Wildman–Crippen LogP) is 2.43. The summed E-state index contributed by atoms with van der Waals surface area (Å²) in [5, 5.41) is 9.09. The Balaban J connectivity index is 2.73. The Labute approximate surface area is 114 Å². The number of carbonyl (C=O) groups is 2. The van der Waals surface area contributed by atoms with Gasteiger partial charge in [-0.2, -0.15) is 0 Å². The van der Waals surface area contributed by atoms with Crippen LogP contribution in [0, 0.1) is 5.41 Å². The number of rotatable bonds is 4. The van der Waals surface area contributed by atoms with Crippen LogP contribution in [0.5, 0.6) is 0 Å². The lowest BCUT2D eigenvalue weighted by atomic mass is 9.94.